The Morgan fingerprint density at radius 3 is 2.67 bits per heavy atom. The summed E-state index contributed by atoms with van der Waals surface area (Å²) in [6.45, 7) is 0.593. The molecule has 0 atom stereocenters. The Hall–Kier alpha value is -3.55. The predicted molar refractivity (Wildman–Crippen MR) is 109 cm³/mol. The molecule has 1 saturated carbocycles. The molecule has 2 aromatic rings. The molecule has 0 saturated heterocycles. The summed E-state index contributed by atoms with van der Waals surface area (Å²) in [6.07, 6.45) is 6.47. The minimum absolute atomic E-state index is 0.0139. The Bertz CT molecular complexity index is 1040. The maximum absolute atomic E-state index is 12.8. The molecule has 0 unspecified atom stereocenters. The zero-order chi connectivity index (χ0) is 20.7. The summed E-state index contributed by atoms with van der Waals surface area (Å²) < 4.78 is 0. The maximum atomic E-state index is 12.8. The first-order valence-electron chi connectivity index (χ1n) is 10.1. The lowest BCUT2D eigenvalue weighted by Gasteiger charge is -2.28. The molecule has 3 amide bonds. The van der Waals surface area contributed by atoms with Crippen molar-refractivity contribution in [2.75, 3.05) is 18.4 Å². The second kappa shape index (κ2) is 7.37. The number of nitrogens with zero attached hydrogens (tertiary/aromatic N) is 4. The molecule has 4 heterocycles. The standard InChI is InChI=1S/C22H21N5O3/c28-19(25-18-9-6-14(12-24-18)17-5-1-2-10-23-17)13-26-11-3-4-16-20(26)22(30)27(21(16)29)15-7-8-15/h1-2,5-6,9-10,12,15H,3-4,7-8,11,13H2,(H,24,25,28). The normalized spacial score (nSPS) is 18.7. The molecule has 0 aromatic carbocycles. The highest BCUT2D eigenvalue weighted by Crippen LogP contribution is 2.38. The van der Waals surface area contributed by atoms with Gasteiger partial charge in [0.25, 0.3) is 11.8 Å². The molecule has 1 aliphatic carbocycles. The fraction of sp³-hybridized carbons (Fsp3) is 0.318. The first-order valence-corrected chi connectivity index (χ1v) is 10.1. The van der Waals surface area contributed by atoms with Gasteiger partial charge in [-0.25, -0.2) is 4.98 Å². The highest BCUT2D eigenvalue weighted by Gasteiger charge is 2.48. The molecule has 0 spiro atoms. The molecule has 3 aliphatic rings. The minimum atomic E-state index is -0.271. The van der Waals surface area contributed by atoms with Crippen LogP contribution in [-0.2, 0) is 14.4 Å². The van der Waals surface area contributed by atoms with Crippen LogP contribution in [-0.4, -0.2) is 56.6 Å². The maximum Gasteiger partial charge on any atom is 0.277 e. The largest absolute Gasteiger partial charge is 0.357 e. The van der Waals surface area contributed by atoms with Gasteiger partial charge in [0.05, 0.1) is 12.2 Å². The molecular formula is C22H21N5O3. The minimum Gasteiger partial charge on any atom is -0.357 e. The summed E-state index contributed by atoms with van der Waals surface area (Å²) in [5.74, 6) is -0.261. The second-order valence-electron chi connectivity index (χ2n) is 7.76. The van der Waals surface area contributed by atoms with Gasteiger partial charge in [0.1, 0.15) is 11.5 Å². The van der Waals surface area contributed by atoms with Crippen LogP contribution < -0.4 is 5.32 Å². The summed E-state index contributed by atoms with van der Waals surface area (Å²) in [4.78, 5) is 49.7. The van der Waals surface area contributed by atoms with Gasteiger partial charge in [-0.1, -0.05) is 6.07 Å². The Morgan fingerprint density at radius 2 is 1.97 bits per heavy atom. The molecule has 30 heavy (non-hydrogen) atoms. The van der Waals surface area contributed by atoms with Crippen LogP contribution in [0.5, 0.6) is 0 Å². The predicted octanol–water partition coefficient (Wildman–Crippen LogP) is 1.96. The average molecular weight is 403 g/mol. The Balaban J connectivity index is 1.26. The van der Waals surface area contributed by atoms with E-state index in [0.717, 1.165) is 30.5 Å². The van der Waals surface area contributed by atoms with E-state index in [1.807, 2.05) is 24.3 Å². The van der Waals surface area contributed by atoms with Crippen molar-refractivity contribution in [3.63, 3.8) is 0 Å². The van der Waals surface area contributed by atoms with Gasteiger partial charge in [0, 0.05) is 36.1 Å². The van der Waals surface area contributed by atoms with Gasteiger partial charge < -0.3 is 10.2 Å². The van der Waals surface area contributed by atoms with Gasteiger partial charge in [-0.3, -0.25) is 24.3 Å². The van der Waals surface area contributed by atoms with Crippen LogP contribution in [0.2, 0.25) is 0 Å². The van der Waals surface area contributed by atoms with E-state index in [0.29, 0.717) is 30.1 Å². The first-order chi connectivity index (χ1) is 14.6. The van der Waals surface area contributed by atoms with Crippen molar-refractivity contribution in [1.82, 2.24) is 19.8 Å². The van der Waals surface area contributed by atoms with Gasteiger partial charge in [0.2, 0.25) is 5.91 Å². The molecule has 5 rings (SSSR count). The number of pyridine rings is 2. The van der Waals surface area contributed by atoms with Crippen LogP contribution in [0, 0.1) is 0 Å². The topological polar surface area (TPSA) is 95.5 Å². The number of hydrogen-bond acceptors (Lipinski definition) is 6. The fourth-order valence-corrected chi connectivity index (χ4v) is 4.02. The summed E-state index contributed by atoms with van der Waals surface area (Å²) in [7, 11) is 0. The van der Waals surface area contributed by atoms with E-state index in [9.17, 15) is 14.4 Å². The van der Waals surface area contributed by atoms with Gasteiger partial charge in [0.15, 0.2) is 0 Å². The fourth-order valence-electron chi connectivity index (χ4n) is 4.02. The van der Waals surface area contributed by atoms with E-state index >= 15 is 0 Å². The van der Waals surface area contributed by atoms with Crippen LogP contribution in [0.15, 0.2) is 54.0 Å². The number of carbonyl (C=O) groups excluding carboxylic acids is 3. The number of amides is 3. The van der Waals surface area contributed by atoms with Crippen molar-refractivity contribution in [2.45, 2.75) is 31.7 Å². The second-order valence-corrected chi connectivity index (χ2v) is 7.76. The van der Waals surface area contributed by atoms with Crippen molar-refractivity contribution >= 4 is 23.5 Å². The molecule has 1 fully saturated rings. The molecule has 0 radical (unpaired) electrons. The molecule has 1 N–H and O–H groups in total. The van der Waals surface area contributed by atoms with Gasteiger partial charge in [-0.05, 0) is 49.9 Å². The lowest BCUT2D eigenvalue weighted by molar-refractivity contribution is -0.138. The van der Waals surface area contributed by atoms with E-state index < -0.39 is 0 Å². The van der Waals surface area contributed by atoms with Crippen molar-refractivity contribution in [3.05, 3.63) is 54.0 Å². The highest BCUT2D eigenvalue weighted by atomic mass is 16.2. The van der Waals surface area contributed by atoms with Crippen LogP contribution in [0.25, 0.3) is 11.3 Å². The van der Waals surface area contributed by atoms with Crippen LogP contribution in [0.3, 0.4) is 0 Å². The van der Waals surface area contributed by atoms with E-state index in [4.69, 9.17) is 0 Å². The molecule has 0 bridgehead atoms. The molecule has 152 valence electrons. The van der Waals surface area contributed by atoms with Crippen LogP contribution >= 0.6 is 0 Å². The quantitative estimate of drug-likeness (QED) is 0.767. The van der Waals surface area contributed by atoms with Crippen molar-refractivity contribution in [2.24, 2.45) is 0 Å². The summed E-state index contributed by atoms with van der Waals surface area (Å²) >= 11 is 0. The van der Waals surface area contributed by atoms with Gasteiger partial charge in [-0.2, -0.15) is 0 Å². The molecule has 8 nitrogen and oxygen atoms in total. The molecular weight excluding hydrogens is 382 g/mol. The number of nitrogens with one attached hydrogen (secondary N) is 1. The monoisotopic (exact) mass is 403 g/mol. The third-order valence-electron chi connectivity index (χ3n) is 5.59. The third-order valence-corrected chi connectivity index (χ3v) is 5.59. The van der Waals surface area contributed by atoms with E-state index in [2.05, 4.69) is 15.3 Å². The number of carbonyl (C=O) groups is 3. The lowest BCUT2D eigenvalue weighted by Crippen LogP contribution is -2.40. The third kappa shape index (κ3) is 3.34. The first kappa shape index (κ1) is 18.5. The molecule has 2 aromatic heterocycles. The Kier molecular flexibility index (Phi) is 4.54. The highest BCUT2D eigenvalue weighted by molar-refractivity contribution is 6.19. The number of aromatic nitrogens is 2. The van der Waals surface area contributed by atoms with Crippen molar-refractivity contribution in [1.29, 1.82) is 0 Å². The smallest absolute Gasteiger partial charge is 0.277 e. The Morgan fingerprint density at radius 1 is 1.10 bits per heavy atom. The van der Waals surface area contributed by atoms with E-state index in [-0.39, 0.29) is 30.3 Å². The zero-order valence-electron chi connectivity index (χ0n) is 16.4. The summed E-state index contributed by atoms with van der Waals surface area (Å²) in [5.41, 5.74) is 2.63. The number of hydrogen-bond donors (Lipinski definition) is 1. The zero-order valence-corrected chi connectivity index (χ0v) is 16.4. The van der Waals surface area contributed by atoms with Gasteiger partial charge >= 0.3 is 0 Å². The van der Waals surface area contributed by atoms with Crippen LogP contribution in [0.4, 0.5) is 5.82 Å². The Labute approximate surface area is 173 Å². The number of imide groups is 1. The summed E-state index contributed by atoms with van der Waals surface area (Å²) in [6, 6.07) is 9.24. The lowest BCUT2D eigenvalue weighted by atomic mass is 10.0. The summed E-state index contributed by atoms with van der Waals surface area (Å²) in [5, 5.41) is 2.78. The molecule has 8 heteroatoms. The van der Waals surface area contributed by atoms with Gasteiger partial charge in [-0.15, -0.1) is 0 Å². The van der Waals surface area contributed by atoms with E-state index in [1.54, 1.807) is 23.4 Å². The number of anilines is 1. The van der Waals surface area contributed by atoms with Crippen molar-refractivity contribution in [3.8, 4) is 11.3 Å². The number of rotatable bonds is 5. The van der Waals surface area contributed by atoms with Crippen molar-refractivity contribution < 1.29 is 14.4 Å². The van der Waals surface area contributed by atoms with E-state index in [1.165, 1.54) is 4.90 Å². The average Bonchev–Trinajstić information content (AvgIpc) is 3.56. The molecule has 2 aliphatic heterocycles. The van der Waals surface area contributed by atoms with Crippen LogP contribution in [0.1, 0.15) is 25.7 Å². The SMILES string of the molecule is O=C(CN1CCCC2=C1C(=O)N(C1CC1)C2=O)Nc1ccc(-c2ccccn2)cn1.